The minimum Gasteiger partial charge on any atom is -0.478 e. The fourth-order valence-corrected chi connectivity index (χ4v) is 3.59. The molecule has 0 bridgehead atoms. The lowest BCUT2D eigenvalue weighted by Gasteiger charge is -2.42. The molecule has 2 aliphatic heterocycles. The van der Waals surface area contributed by atoms with E-state index in [0.29, 0.717) is 0 Å². The molecular weight excluding hydrogens is 368 g/mol. The number of hydrogen-bond donors (Lipinski definition) is 6. The van der Waals surface area contributed by atoms with Crippen molar-refractivity contribution in [3.63, 3.8) is 0 Å². The number of carboxylic acids is 2. The van der Waals surface area contributed by atoms with Gasteiger partial charge in [-0.1, -0.05) is 6.08 Å². The van der Waals surface area contributed by atoms with E-state index < -0.39 is 67.4 Å². The molecular formula is C16H20O11. The summed E-state index contributed by atoms with van der Waals surface area (Å²) in [5.41, 5.74) is -0.206. The van der Waals surface area contributed by atoms with E-state index in [4.69, 9.17) is 14.2 Å². The third kappa shape index (κ3) is 3.45. The van der Waals surface area contributed by atoms with Gasteiger partial charge < -0.3 is 44.8 Å². The Bertz CT molecular complexity index is 669. The molecule has 3 rings (SSSR count). The Morgan fingerprint density at radius 3 is 2.30 bits per heavy atom. The van der Waals surface area contributed by atoms with E-state index in [9.17, 15) is 40.2 Å². The van der Waals surface area contributed by atoms with Crippen molar-refractivity contribution in [2.24, 2.45) is 11.8 Å². The molecule has 0 radical (unpaired) electrons. The van der Waals surface area contributed by atoms with Crippen molar-refractivity contribution in [2.75, 3.05) is 6.61 Å². The highest BCUT2D eigenvalue weighted by atomic mass is 16.8. The van der Waals surface area contributed by atoms with Crippen LogP contribution >= 0.6 is 0 Å². The summed E-state index contributed by atoms with van der Waals surface area (Å²) in [4.78, 5) is 22.9. The maximum atomic E-state index is 11.5. The van der Waals surface area contributed by atoms with Crippen LogP contribution in [0, 0.1) is 11.8 Å². The topological polar surface area (TPSA) is 183 Å². The van der Waals surface area contributed by atoms with Gasteiger partial charge in [0.15, 0.2) is 6.29 Å². The van der Waals surface area contributed by atoms with E-state index >= 15 is 0 Å². The maximum Gasteiger partial charge on any atom is 0.335 e. The third-order valence-corrected chi connectivity index (χ3v) is 5.02. The van der Waals surface area contributed by atoms with Gasteiger partial charge in [0.05, 0.1) is 24.4 Å². The van der Waals surface area contributed by atoms with Gasteiger partial charge in [0, 0.05) is 11.5 Å². The molecule has 11 nitrogen and oxygen atoms in total. The quantitative estimate of drug-likeness (QED) is 0.300. The molecule has 0 aromatic carbocycles. The van der Waals surface area contributed by atoms with Crippen LogP contribution in [0.2, 0.25) is 0 Å². The summed E-state index contributed by atoms with van der Waals surface area (Å²) in [6.45, 7) is -0.661. The second-order valence-electron chi connectivity index (χ2n) is 6.55. The first kappa shape index (κ1) is 19.7. The van der Waals surface area contributed by atoms with Gasteiger partial charge in [-0.2, -0.15) is 0 Å². The minimum absolute atomic E-state index is 0.0959. The van der Waals surface area contributed by atoms with Crippen LogP contribution in [0.1, 0.15) is 6.42 Å². The number of allylic oxidation sites excluding steroid dienone is 1. The fraction of sp³-hybridized carbons (Fsp3) is 0.625. The van der Waals surface area contributed by atoms with Gasteiger partial charge in [-0.05, 0) is 6.42 Å². The van der Waals surface area contributed by atoms with Crippen LogP contribution in [-0.2, 0) is 23.8 Å². The summed E-state index contributed by atoms with van der Waals surface area (Å²) in [7, 11) is 0. The predicted octanol–water partition coefficient (Wildman–Crippen LogP) is -2.23. The SMILES string of the molecule is O=C(O)C1=COC(OC2OC(CO)C(O)C(O)C2O)C2C(C(=O)O)=CCC12. The number of fused-ring (bicyclic) bond motifs is 1. The Morgan fingerprint density at radius 2 is 1.70 bits per heavy atom. The summed E-state index contributed by atoms with van der Waals surface area (Å²) in [6, 6.07) is 0. The molecule has 0 aromatic heterocycles. The molecule has 0 spiro atoms. The Hall–Kier alpha value is -2.02. The molecule has 0 aromatic rings. The van der Waals surface area contributed by atoms with E-state index in [2.05, 4.69) is 0 Å². The molecule has 3 aliphatic rings. The van der Waals surface area contributed by atoms with E-state index in [0.717, 1.165) is 6.26 Å². The zero-order valence-electron chi connectivity index (χ0n) is 13.9. The van der Waals surface area contributed by atoms with Crippen LogP contribution in [-0.4, -0.2) is 86.2 Å². The fourth-order valence-electron chi connectivity index (χ4n) is 3.59. The lowest BCUT2D eigenvalue weighted by Crippen LogP contribution is -2.60. The molecule has 8 unspecified atom stereocenters. The van der Waals surface area contributed by atoms with Gasteiger partial charge in [0.25, 0.3) is 0 Å². The first-order valence-electron chi connectivity index (χ1n) is 8.24. The monoisotopic (exact) mass is 388 g/mol. The maximum absolute atomic E-state index is 11.5. The molecule has 1 saturated heterocycles. The smallest absolute Gasteiger partial charge is 0.335 e. The van der Waals surface area contributed by atoms with Crippen molar-refractivity contribution in [3.8, 4) is 0 Å². The van der Waals surface area contributed by atoms with Gasteiger partial charge in [0.1, 0.15) is 24.4 Å². The average Bonchev–Trinajstić information content (AvgIpc) is 3.07. The minimum atomic E-state index is -1.70. The van der Waals surface area contributed by atoms with Crippen molar-refractivity contribution in [2.45, 2.75) is 43.4 Å². The second kappa shape index (κ2) is 7.54. The van der Waals surface area contributed by atoms with Gasteiger partial charge in [-0.25, -0.2) is 9.59 Å². The zero-order valence-corrected chi connectivity index (χ0v) is 13.9. The Morgan fingerprint density at radius 1 is 1.04 bits per heavy atom. The number of aliphatic hydroxyl groups excluding tert-OH is 4. The molecule has 2 heterocycles. The number of ether oxygens (including phenoxy) is 3. The van der Waals surface area contributed by atoms with E-state index in [1.54, 1.807) is 0 Å². The molecule has 0 amide bonds. The number of rotatable bonds is 5. The van der Waals surface area contributed by atoms with Crippen LogP contribution in [0.25, 0.3) is 0 Å². The number of aliphatic hydroxyl groups is 4. The highest BCUT2D eigenvalue weighted by Crippen LogP contribution is 2.44. The summed E-state index contributed by atoms with van der Waals surface area (Å²) in [5.74, 6) is -4.21. The van der Waals surface area contributed by atoms with Crippen LogP contribution in [0.4, 0.5) is 0 Å². The van der Waals surface area contributed by atoms with Crippen molar-refractivity contribution in [3.05, 3.63) is 23.5 Å². The molecule has 27 heavy (non-hydrogen) atoms. The first-order valence-corrected chi connectivity index (χ1v) is 8.24. The lowest BCUT2D eigenvalue weighted by molar-refractivity contribution is -0.339. The van der Waals surface area contributed by atoms with Crippen molar-refractivity contribution in [1.82, 2.24) is 0 Å². The van der Waals surface area contributed by atoms with E-state index in [1.165, 1.54) is 6.08 Å². The summed E-state index contributed by atoms with van der Waals surface area (Å²) in [6.07, 6.45) is -6.53. The Labute approximate surface area is 152 Å². The second-order valence-corrected chi connectivity index (χ2v) is 6.55. The third-order valence-electron chi connectivity index (χ3n) is 5.02. The van der Waals surface area contributed by atoms with Crippen LogP contribution in [0.15, 0.2) is 23.5 Å². The predicted molar refractivity (Wildman–Crippen MR) is 82.8 cm³/mol. The lowest BCUT2D eigenvalue weighted by atomic mass is 9.83. The van der Waals surface area contributed by atoms with Crippen molar-refractivity contribution < 1.29 is 54.4 Å². The standard InChI is InChI=1S/C16H20O11/c17-3-8-10(18)11(19)12(20)16(26-8)27-15-9-5(1-2-6(9)13(21)22)7(4-25-15)14(23)24/h2,4-5,8-12,15-20H,1,3H2,(H,21,22)(H,23,24). The van der Waals surface area contributed by atoms with Gasteiger partial charge >= 0.3 is 11.9 Å². The molecule has 11 heteroatoms. The van der Waals surface area contributed by atoms with Gasteiger partial charge in [-0.3, -0.25) is 0 Å². The van der Waals surface area contributed by atoms with E-state index in [-0.39, 0.29) is 17.6 Å². The summed E-state index contributed by atoms with van der Waals surface area (Å²) < 4.78 is 16.0. The van der Waals surface area contributed by atoms with Crippen LogP contribution in [0.5, 0.6) is 0 Å². The highest BCUT2D eigenvalue weighted by molar-refractivity contribution is 5.91. The molecule has 0 saturated carbocycles. The zero-order chi connectivity index (χ0) is 19.9. The Kier molecular flexibility index (Phi) is 5.51. The molecule has 1 aliphatic carbocycles. The largest absolute Gasteiger partial charge is 0.478 e. The molecule has 6 N–H and O–H groups in total. The molecule has 1 fully saturated rings. The number of aliphatic carboxylic acids is 2. The van der Waals surface area contributed by atoms with Gasteiger partial charge in [0.2, 0.25) is 6.29 Å². The Balaban J connectivity index is 1.84. The van der Waals surface area contributed by atoms with Crippen molar-refractivity contribution >= 4 is 11.9 Å². The summed E-state index contributed by atoms with van der Waals surface area (Å²) in [5, 5.41) is 57.6. The summed E-state index contributed by atoms with van der Waals surface area (Å²) >= 11 is 0. The highest BCUT2D eigenvalue weighted by Gasteiger charge is 2.50. The number of carboxylic acid groups (broad SMARTS) is 2. The molecule has 150 valence electrons. The van der Waals surface area contributed by atoms with E-state index in [1.807, 2.05) is 0 Å². The van der Waals surface area contributed by atoms with Crippen LogP contribution < -0.4 is 0 Å². The first-order chi connectivity index (χ1) is 12.8. The average molecular weight is 388 g/mol. The normalized spacial score (nSPS) is 41.2. The number of carbonyl (C=O) groups is 2. The van der Waals surface area contributed by atoms with Crippen molar-refractivity contribution in [1.29, 1.82) is 0 Å². The van der Waals surface area contributed by atoms with Gasteiger partial charge in [-0.15, -0.1) is 0 Å². The molecule has 8 atom stereocenters. The number of hydrogen-bond acceptors (Lipinski definition) is 9. The van der Waals surface area contributed by atoms with Crippen LogP contribution in [0.3, 0.4) is 0 Å².